The van der Waals surface area contributed by atoms with Crippen molar-refractivity contribution < 1.29 is 16.0 Å². The summed E-state index contributed by atoms with van der Waals surface area (Å²) in [6.45, 7) is 1.93. The molecule has 6 aromatic carbocycles. The molecule has 0 bridgehead atoms. The standard InChI is InChI=1S/C15H15ClFP.C13H12FP.C7H7F.C6H7P.C2H4ClI.2H2/c16-10-11-18(15-4-2-1-3-5-15)12-13-6-8-14(17)9-7-13;14-12-8-6-11(7-9-12)10-15-13-4-2-1-3-5-13;1-6-2-4-7(8)5-3-6;7-6-4-2-1-3-5-6;3-1-2-4;;/h1-9H,10-12H2;1-9,15H,10H2;2-5H,1H3;1-5H,7H2;1-2H2;2*1H/p+1/i17-1;14-1;8-1;;;2*1+1. The molecule has 0 saturated heterocycles. The highest BCUT2D eigenvalue weighted by Gasteiger charge is 2.18. The van der Waals surface area contributed by atoms with Gasteiger partial charge in [0, 0.05) is 21.1 Å². The van der Waals surface area contributed by atoms with Gasteiger partial charge in [0.25, 0.3) is 0 Å². The van der Waals surface area contributed by atoms with Gasteiger partial charge in [-0.25, -0.2) is 13.2 Å². The van der Waals surface area contributed by atoms with E-state index in [9.17, 15) is 13.2 Å². The van der Waals surface area contributed by atoms with E-state index in [2.05, 4.69) is 68.2 Å². The van der Waals surface area contributed by atoms with Crippen molar-refractivity contribution in [1.82, 2.24) is 0 Å². The molecule has 52 heavy (non-hydrogen) atoms. The van der Waals surface area contributed by atoms with E-state index >= 15 is 0 Å². The van der Waals surface area contributed by atoms with E-state index in [0.29, 0.717) is 5.88 Å². The zero-order valence-corrected chi connectivity index (χ0v) is 36.0. The van der Waals surface area contributed by atoms with Crippen molar-refractivity contribution in [3.63, 3.8) is 0 Å². The van der Waals surface area contributed by atoms with E-state index in [4.69, 9.17) is 23.2 Å². The molecule has 0 saturated carbocycles. The van der Waals surface area contributed by atoms with Gasteiger partial charge in [-0.05, 0) is 83.4 Å². The van der Waals surface area contributed by atoms with E-state index in [1.807, 2.05) is 85.8 Å². The van der Waals surface area contributed by atoms with Gasteiger partial charge in [0.15, 0.2) is 0 Å². The second kappa shape index (κ2) is 29.1. The number of aryl methyl sites for hydroxylation is 1. The Bertz CT molecular complexity index is 1710. The summed E-state index contributed by atoms with van der Waals surface area (Å²) in [7, 11) is 2.69. The minimum Gasteiger partial charge on any atom is -0.207 e. The predicted octanol–water partition coefficient (Wildman–Crippen LogP) is 12.9. The summed E-state index contributed by atoms with van der Waals surface area (Å²) in [5.74, 6) is 0.951. The highest BCUT2D eigenvalue weighted by molar-refractivity contribution is 14.1. The monoisotopic (exact) mass is 912 g/mol. The van der Waals surface area contributed by atoms with Crippen molar-refractivity contribution >= 4 is 87.4 Å². The molecule has 0 amide bonds. The molecular formula is C43H50Cl2F3IP3+. The summed E-state index contributed by atoms with van der Waals surface area (Å²) in [6.07, 6.45) is 3.03. The predicted molar refractivity (Wildman–Crippen MR) is 245 cm³/mol. The molecule has 278 valence electrons. The lowest BCUT2D eigenvalue weighted by Crippen LogP contribution is -2.05. The molecule has 9 heteroatoms. The van der Waals surface area contributed by atoms with Crippen LogP contribution in [0.1, 0.15) is 19.5 Å². The quantitative estimate of drug-likeness (QED) is 0.0770. The van der Waals surface area contributed by atoms with E-state index in [1.165, 1.54) is 63.4 Å². The Hall–Kier alpha value is -2.29. The SMILES string of the molecule is Cc1ccc([18F])cc1.ClCCI.Pc1ccccc1.[18F]c1ccc(CPc2ccccc2)cc1.[18F]c1ccc(C[PH+](CCCl)c2ccccc2)cc1.[2HH].[2HH]. The highest BCUT2D eigenvalue weighted by Crippen LogP contribution is 2.38. The molecule has 0 aromatic heterocycles. The van der Waals surface area contributed by atoms with Crippen LogP contribution in [0.25, 0.3) is 0 Å². The Kier molecular flexibility index (Phi) is 25.7. The summed E-state index contributed by atoms with van der Waals surface area (Å²) in [6, 6.07) is 51.0. The van der Waals surface area contributed by atoms with Crippen molar-refractivity contribution in [2.45, 2.75) is 19.2 Å². The molecule has 0 fully saturated rings. The fourth-order valence-electron chi connectivity index (χ4n) is 4.32. The largest absolute Gasteiger partial charge is 0.207 e. The van der Waals surface area contributed by atoms with Crippen LogP contribution < -0.4 is 15.9 Å². The second-order valence-electron chi connectivity index (χ2n) is 11.1. The minimum atomic E-state index is -0.692. The van der Waals surface area contributed by atoms with Crippen LogP contribution in [0.2, 0.25) is 0 Å². The third kappa shape index (κ3) is 22.0. The molecule has 0 aliphatic carbocycles. The lowest BCUT2D eigenvalue weighted by atomic mass is 10.2. The Labute approximate surface area is 340 Å². The number of halogens is 6. The van der Waals surface area contributed by atoms with Crippen molar-refractivity contribution in [3.8, 4) is 0 Å². The number of hydrogen-bond acceptors (Lipinski definition) is 0. The van der Waals surface area contributed by atoms with Crippen molar-refractivity contribution in [2.75, 3.05) is 22.3 Å². The third-order valence-corrected chi connectivity index (χ3v) is 13.4. The maximum atomic E-state index is 12.9. The summed E-state index contributed by atoms with van der Waals surface area (Å²) in [5.41, 5.74) is 3.48. The maximum absolute atomic E-state index is 12.9. The van der Waals surface area contributed by atoms with Gasteiger partial charge in [-0.1, -0.05) is 152 Å². The van der Waals surface area contributed by atoms with Crippen LogP contribution in [-0.4, -0.2) is 22.3 Å². The summed E-state index contributed by atoms with van der Waals surface area (Å²) >= 11 is 13.3. The van der Waals surface area contributed by atoms with Crippen LogP contribution in [0, 0.1) is 24.4 Å². The van der Waals surface area contributed by atoms with Gasteiger partial charge < -0.3 is 0 Å². The van der Waals surface area contributed by atoms with Crippen LogP contribution in [0.15, 0.2) is 164 Å². The van der Waals surface area contributed by atoms with Gasteiger partial charge in [0.1, 0.15) is 17.5 Å². The van der Waals surface area contributed by atoms with E-state index in [0.717, 1.165) is 42.9 Å². The summed E-state index contributed by atoms with van der Waals surface area (Å²) < 4.78 is 38.7. The van der Waals surface area contributed by atoms with Gasteiger partial charge in [-0.2, -0.15) is 0 Å². The summed E-state index contributed by atoms with van der Waals surface area (Å²) in [5, 5.41) is 3.98. The Balaban J connectivity index is 0.000000700. The molecule has 0 nitrogen and oxygen atoms in total. The molecule has 6 rings (SSSR count). The number of alkyl halides is 3. The maximum Gasteiger partial charge on any atom is 0.123 e. The van der Waals surface area contributed by atoms with E-state index in [1.54, 1.807) is 12.1 Å². The molecule has 3 unspecified atom stereocenters. The Morgan fingerprint density at radius 1 is 0.596 bits per heavy atom. The molecule has 3 atom stereocenters. The summed E-state index contributed by atoms with van der Waals surface area (Å²) in [4.78, 5) is 0. The minimum absolute atomic E-state index is 0. The molecule has 0 radical (unpaired) electrons. The zero-order chi connectivity index (χ0) is 37.8. The van der Waals surface area contributed by atoms with Crippen molar-refractivity contribution in [2.24, 2.45) is 0 Å². The molecular weight excluding hydrogens is 861 g/mol. The van der Waals surface area contributed by atoms with Crippen molar-refractivity contribution in [3.05, 3.63) is 198 Å². The fourth-order valence-corrected chi connectivity index (χ4v) is 8.59. The lowest BCUT2D eigenvalue weighted by molar-refractivity contribution is 0.627. The number of hydrogen-bond donors (Lipinski definition) is 0. The Morgan fingerprint density at radius 2 is 1.02 bits per heavy atom. The average Bonchev–Trinajstić information content (AvgIpc) is 3.18. The smallest absolute Gasteiger partial charge is 0.123 e. The van der Waals surface area contributed by atoms with Crippen LogP contribution in [-0.2, 0) is 12.3 Å². The molecule has 0 aliphatic rings. The number of rotatable bonds is 9. The van der Waals surface area contributed by atoms with Gasteiger partial charge in [0.05, 0.1) is 23.5 Å². The van der Waals surface area contributed by atoms with Gasteiger partial charge in [0.2, 0.25) is 0 Å². The highest BCUT2D eigenvalue weighted by atomic mass is 127. The average molecular weight is 914 g/mol. The second-order valence-corrected chi connectivity index (χ2v) is 17.6. The van der Waals surface area contributed by atoms with Crippen LogP contribution in [0.5, 0.6) is 0 Å². The fraction of sp³-hybridized carbons (Fsp3) is 0.163. The first kappa shape index (κ1) is 45.9. The first-order valence-corrected chi connectivity index (χ1v) is 22.9. The van der Waals surface area contributed by atoms with Gasteiger partial charge >= 0.3 is 0 Å². The molecule has 0 heterocycles. The van der Waals surface area contributed by atoms with E-state index in [-0.39, 0.29) is 20.3 Å². The molecule has 0 N–H and O–H groups in total. The first-order chi connectivity index (χ1) is 25.2. The third-order valence-electron chi connectivity index (χ3n) is 6.97. The lowest BCUT2D eigenvalue weighted by Gasteiger charge is -2.09. The zero-order valence-electron chi connectivity index (χ0n) is 29.2. The normalized spacial score (nSPS) is 10.6. The molecule has 0 spiro atoms. The van der Waals surface area contributed by atoms with Crippen LogP contribution >= 0.6 is 71.5 Å². The topological polar surface area (TPSA) is 0 Å². The van der Waals surface area contributed by atoms with Crippen molar-refractivity contribution in [1.29, 1.82) is 0 Å². The van der Waals surface area contributed by atoms with E-state index < -0.39 is 7.92 Å². The molecule has 6 aromatic rings. The van der Waals surface area contributed by atoms with Crippen LogP contribution in [0.3, 0.4) is 0 Å². The first-order valence-electron chi connectivity index (χ1n) is 16.6. The molecule has 0 aliphatic heterocycles. The number of benzene rings is 6. The Morgan fingerprint density at radius 3 is 1.42 bits per heavy atom. The van der Waals surface area contributed by atoms with Gasteiger partial charge in [-0.15, -0.1) is 32.4 Å². The van der Waals surface area contributed by atoms with Gasteiger partial charge in [-0.3, -0.25) is 0 Å². The van der Waals surface area contributed by atoms with Crippen LogP contribution in [0.4, 0.5) is 13.2 Å².